The highest BCUT2D eigenvalue weighted by Gasteiger charge is 2.03. The number of thioether (sulfide) groups is 1. The Labute approximate surface area is 160 Å². The van der Waals surface area contributed by atoms with Crippen LogP contribution < -0.4 is 11.2 Å². The molecule has 0 spiro atoms. The molecule has 3 rings (SSSR count). The van der Waals surface area contributed by atoms with Gasteiger partial charge in [-0.3, -0.25) is 10.5 Å². The lowest BCUT2D eigenvalue weighted by Crippen LogP contribution is -1.95. The fourth-order valence-electron chi connectivity index (χ4n) is 2.13. The molecule has 3 N–H and O–H groups in total. The van der Waals surface area contributed by atoms with E-state index in [0.717, 1.165) is 32.5 Å². The van der Waals surface area contributed by atoms with E-state index in [1.54, 1.807) is 42.4 Å². The summed E-state index contributed by atoms with van der Waals surface area (Å²) >= 11 is 2.81. The molecule has 0 atom stereocenters. The summed E-state index contributed by atoms with van der Waals surface area (Å²) in [6.45, 7) is 0. The van der Waals surface area contributed by atoms with Crippen LogP contribution in [0.2, 0.25) is 0 Å². The van der Waals surface area contributed by atoms with Crippen LogP contribution in [0.3, 0.4) is 0 Å². The summed E-state index contributed by atoms with van der Waals surface area (Å²) < 4.78 is 5.46. The number of rotatable bonds is 7. The minimum atomic E-state index is 0.604. The maximum Gasteiger partial charge on any atom is 0.0992 e. The number of nitrogens with one attached hydrogen (secondary N) is 1. The number of hydrogen-bond donors (Lipinski definition) is 2. The zero-order chi connectivity index (χ0) is 18.2. The monoisotopic (exact) mass is 380 g/mol. The summed E-state index contributed by atoms with van der Waals surface area (Å²) in [4.78, 5) is 5.93. The Hall–Kier alpha value is -2.66. The van der Waals surface area contributed by atoms with E-state index in [1.165, 1.54) is 12.0 Å². The van der Waals surface area contributed by atoms with Crippen LogP contribution in [0.4, 0.5) is 11.4 Å². The minimum absolute atomic E-state index is 0.604. The number of aromatic nitrogens is 1. The summed E-state index contributed by atoms with van der Waals surface area (Å²) in [7, 11) is 0. The number of anilines is 2. The standard InChI is InChI=1S/C19H16N4OS2/c20-11-14-3-2-6-17(10-14)26-24-23-16-5-1-4-15(9-16)13-25-19-12-22-8-7-18(19)21/h1-10,12,23H,13H2,(H2,21,22). The molecule has 0 radical (unpaired) electrons. The lowest BCUT2D eigenvalue weighted by Gasteiger charge is -2.08. The van der Waals surface area contributed by atoms with E-state index in [-0.39, 0.29) is 0 Å². The minimum Gasteiger partial charge on any atom is -0.398 e. The van der Waals surface area contributed by atoms with Crippen molar-refractivity contribution in [3.05, 3.63) is 78.1 Å². The highest BCUT2D eigenvalue weighted by molar-refractivity contribution is 7.98. The summed E-state index contributed by atoms with van der Waals surface area (Å²) in [6.07, 6.45) is 3.46. The van der Waals surface area contributed by atoms with Gasteiger partial charge in [-0.2, -0.15) is 9.55 Å². The third-order valence-corrected chi connectivity index (χ3v) is 5.14. The average molecular weight is 380 g/mol. The van der Waals surface area contributed by atoms with Crippen molar-refractivity contribution >= 4 is 35.2 Å². The zero-order valence-corrected chi connectivity index (χ0v) is 15.4. The second-order valence-corrected chi connectivity index (χ2v) is 7.13. The van der Waals surface area contributed by atoms with Crippen LogP contribution in [-0.4, -0.2) is 4.98 Å². The molecule has 7 heteroatoms. The van der Waals surface area contributed by atoms with Crippen LogP contribution in [0.25, 0.3) is 0 Å². The summed E-state index contributed by atoms with van der Waals surface area (Å²) in [5.74, 6) is 0.781. The van der Waals surface area contributed by atoms with Crippen LogP contribution in [0.5, 0.6) is 0 Å². The first-order chi connectivity index (χ1) is 12.7. The van der Waals surface area contributed by atoms with E-state index in [0.29, 0.717) is 5.56 Å². The van der Waals surface area contributed by atoms with Crippen LogP contribution in [0.15, 0.2) is 76.8 Å². The normalized spacial score (nSPS) is 10.3. The largest absolute Gasteiger partial charge is 0.398 e. The third kappa shape index (κ3) is 5.17. The first kappa shape index (κ1) is 18.1. The molecule has 5 nitrogen and oxygen atoms in total. The van der Waals surface area contributed by atoms with Crippen LogP contribution in [0, 0.1) is 11.3 Å². The van der Waals surface area contributed by atoms with Gasteiger partial charge in [-0.05, 0) is 42.0 Å². The molecule has 0 saturated heterocycles. The molecule has 3 aromatic rings. The quantitative estimate of drug-likeness (QED) is 0.343. The average Bonchev–Trinajstić information content (AvgIpc) is 2.68. The van der Waals surface area contributed by atoms with Crippen molar-refractivity contribution in [1.29, 1.82) is 5.26 Å². The van der Waals surface area contributed by atoms with Crippen LogP contribution >= 0.6 is 23.8 Å². The molecule has 2 aromatic carbocycles. The molecule has 0 fully saturated rings. The SMILES string of the molecule is N#Cc1cccc(SONc2cccc(CSc3cnccc3N)c2)c1. The van der Waals surface area contributed by atoms with E-state index in [2.05, 4.69) is 16.5 Å². The predicted octanol–water partition coefficient (Wildman–Crippen LogP) is 4.88. The Kier molecular flexibility index (Phi) is 6.39. The van der Waals surface area contributed by atoms with Crippen molar-refractivity contribution in [2.24, 2.45) is 0 Å². The Balaban J connectivity index is 1.54. The Morgan fingerprint density at radius 1 is 1.15 bits per heavy atom. The third-order valence-electron chi connectivity index (χ3n) is 3.40. The van der Waals surface area contributed by atoms with E-state index in [1.807, 2.05) is 36.4 Å². The van der Waals surface area contributed by atoms with E-state index < -0.39 is 0 Å². The van der Waals surface area contributed by atoms with Gasteiger partial charge in [0.05, 0.1) is 29.4 Å². The van der Waals surface area contributed by atoms with Crippen LogP contribution in [-0.2, 0) is 10.0 Å². The summed E-state index contributed by atoms with van der Waals surface area (Å²) in [6, 6.07) is 19.1. The highest BCUT2D eigenvalue weighted by Crippen LogP contribution is 2.28. The number of hydrogen-bond acceptors (Lipinski definition) is 7. The molecule has 1 aromatic heterocycles. The van der Waals surface area contributed by atoms with Gasteiger partial charge in [-0.25, -0.2) is 0 Å². The van der Waals surface area contributed by atoms with Crippen molar-refractivity contribution in [2.45, 2.75) is 15.5 Å². The molecule has 26 heavy (non-hydrogen) atoms. The topological polar surface area (TPSA) is 84.0 Å². The number of nitriles is 1. The molecule has 0 aliphatic rings. The Bertz CT molecular complexity index is 927. The van der Waals surface area contributed by atoms with E-state index in [9.17, 15) is 0 Å². The molecular weight excluding hydrogens is 364 g/mol. The molecule has 0 bridgehead atoms. The molecule has 0 saturated carbocycles. The summed E-state index contributed by atoms with van der Waals surface area (Å²) in [5.41, 5.74) is 12.2. The molecule has 130 valence electrons. The van der Waals surface area contributed by atoms with Crippen molar-refractivity contribution in [1.82, 2.24) is 4.98 Å². The lowest BCUT2D eigenvalue weighted by atomic mass is 10.2. The molecule has 1 heterocycles. The van der Waals surface area contributed by atoms with E-state index in [4.69, 9.17) is 15.3 Å². The number of nitrogen functional groups attached to an aromatic ring is 1. The second kappa shape index (κ2) is 9.15. The fraction of sp³-hybridized carbons (Fsp3) is 0.0526. The molecule has 0 amide bonds. The smallest absolute Gasteiger partial charge is 0.0992 e. The van der Waals surface area contributed by atoms with Gasteiger partial charge >= 0.3 is 0 Å². The van der Waals surface area contributed by atoms with Gasteiger partial charge in [0.15, 0.2) is 0 Å². The Morgan fingerprint density at radius 2 is 2.04 bits per heavy atom. The number of nitrogens with zero attached hydrogens (tertiary/aromatic N) is 2. The second-order valence-electron chi connectivity index (χ2n) is 5.31. The van der Waals surface area contributed by atoms with Gasteiger partial charge in [-0.15, -0.1) is 11.8 Å². The van der Waals surface area contributed by atoms with Gasteiger partial charge < -0.3 is 5.73 Å². The van der Waals surface area contributed by atoms with Crippen molar-refractivity contribution in [3.8, 4) is 6.07 Å². The van der Waals surface area contributed by atoms with E-state index >= 15 is 0 Å². The summed E-state index contributed by atoms with van der Waals surface area (Å²) in [5, 5.41) is 8.92. The number of nitrogens with two attached hydrogens (primary N) is 1. The van der Waals surface area contributed by atoms with Crippen molar-refractivity contribution < 1.29 is 4.28 Å². The highest BCUT2D eigenvalue weighted by atomic mass is 32.2. The zero-order valence-electron chi connectivity index (χ0n) is 13.8. The number of benzene rings is 2. The van der Waals surface area contributed by atoms with Gasteiger partial charge in [0.1, 0.15) is 0 Å². The first-order valence-corrected chi connectivity index (χ1v) is 9.48. The van der Waals surface area contributed by atoms with Gasteiger partial charge in [-0.1, -0.05) is 18.2 Å². The maximum absolute atomic E-state index is 8.92. The lowest BCUT2D eigenvalue weighted by molar-refractivity contribution is 0.477. The molecular formula is C19H16N4OS2. The van der Waals surface area contributed by atoms with Gasteiger partial charge in [0.25, 0.3) is 0 Å². The maximum atomic E-state index is 8.92. The Morgan fingerprint density at radius 3 is 2.88 bits per heavy atom. The molecule has 0 unspecified atom stereocenters. The fourth-order valence-corrected chi connectivity index (χ4v) is 3.55. The van der Waals surface area contributed by atoms with Crippen molar-refractivity contribution in [3.63, 3.8) is 0 Å². The first-order valence-electron chi connectivity index (χ1n) is 7.75. The predicted molar refractivity (Wildman–Crippen MR) is 106 cm³/mol. The number of pyridine rings is 1. The molecule has 0 aliphatic carbocycles. The van der Waals surface area contributed by atoms with Crippen molar-refractivity contribution in [2.75, 3.05) is 11.2 Å². The van der Waals surface area contributed by atoms with Gasteiger partial charge in [0.2, 0.25) is 0 Å². The van der Waals surface area contributed by atoms with Gasteiger partial charge in [0, 0.05) is 33.6 Å². The van der Waals surface area contributed by atoms with Crippen LogP contribution in [0.1, 0.15) is 11.1 Å². The molecule has 0 aliphatic heterocycles.